The van der Waals surface area contributed by atoms with E-state index in [0.717, 1.165) is 35.3 Å². The van der Waals surface area contributed by atoms with Crippen LogP contribution in [0.25, 0.3) is 5.69 Å². The minimum absolute atomic E-state index is 0.0675. The van der Waals surface area contributed by atoms with E-state index < -0.39 is 12.2 Å². The minimum Gasteiger partial charge on any atom is -0.493 e. The average molecular weight is 553 g/mol. The highest BCUT2D eigenvalue weighted by molar-refractivity contribution is 6.30. The van der Waals surface area contributed by atoms with Crippen LogP contribution in [0.15, 0.2) is 54.7 Å². The summed E-state index contributed by atoms with van der Waals surface area (Å²) in [6.45, 7) is 3.08. The van der Waals surface area contributed by atoms with Gasteiger partial charge in [0.15, 0.2) is 11.5 Å². The van der Waals surface area contributed by atoms with E-state index in [4.69, 9.17) is 30.5 Å². The first-order valence-corrected chi connectivity index (χ1v) is 13.6. The van der Waals surface area contributed by atoms with E-state index in [2.05, 4.69) is 0 Å². The number of hydrogen-bond acceptors (Lipinski definition) is 6. The predicted molar refractivity (Wildman–Crippen MR) is 147 cm³/mol. The molecule has 1 fully saturated rings. The zero-order valence-electron chi connectivity index (χ0n) is 22.4. The summed E-state index contributed by atoms with van der Waals surface area (Å²) in [5, 5.41) is 0.575. The molecule has 3 aromatic rings. The molecule has 8 nitrogen and oxygen atoms in total. The maximum Gasteiger partial charge on any atom is 0.310 e. The summed E-state index contributed by atoms with van der Waals surface area (Å²) in [5.41, 5.74) is 3.38. The van der Waals surface area contributed by atoms with Crippen molar-refractivity contribution in [3.8, 4) is 17.2 Å². The van der Waals surface area contributed by atoms with Crippen LogP contribution in [0.2, 0.25) is 5.02 Å². The van der Waals surface area contributed by atoms with Gasteiger partial charge in [-0.2, -0.15) is 0 Å². The minimum atomic E-state index is -0.588. The Labute approximate surface area is 233 Å². The monoisotopic (exact) mass is 552 g/mol. The second kappa shape index (κ2) is 11.7. The number of halogens is 1. The number of para-hydroxylation sites is 1. The van der Waals surface area contributed by atoms with Crippen molar-refractivity contribution in [1.82, 2.24) is 9.47 Å². The lowest BCUT2D eigenvalue weighted by molar-refractivity contribution is -0.151. The van der Waals surface area contributed by atoms with Crippen LogP contribution >= 0.6 is 11.6 Å². The SMILES string of the molecule is CCOC(=O)[C@H]1CCCN(C(=O)C[C@@H]2O[C@@H](c3cccc(OC)c3OC)c3cc(Cl)ccc3-n3cccc32)C1. The first kappa shape index (κ1) is 27.1. The smallest absolute Gasteiger partial charge is 0.310 e. The van der Waals surface area contributed by atoms with E-state index >= 15 is 0 Å². The van der Waals surface area contributed by atoms with Crippen LogP contribution in [0.1, 0.15) is 55.2 Å². The van der Waals surface area contributed by atoms with Gasteiger partial charge in [-0.25, -0.2) is 0 Å². The summed E-state index contributed by atoms with van der Waals surface area (Å²) in [4.78, 5) is 27.8. The number of amides is 1. The summed E-state index contributed by atoms with van der Waals surface area (Å²) < 4.78 is 25.4. The summed E-state index contributed by atoms with van der Waals surface area (Å²) in [6.07, 6.45) is 2.40. The van der Waals surface area contributed by atoms with Crippen LogP contribution in [-0.4, -0.2) is 55.3 Å². The topological polar surface area (TPSA) is 79.2 Å². The summed E-state index contributed by atoms with van der Waals surface area (Å²) in [7, 11) is 3.19. The van der Waals surface area contributed by atoms with Crippen LogP contribution in [0.4, 0.5) is 0 Å². The molecule has 206 valence electrons. The van der Waals surface area contributed by atoms with Gasteiger partial charge in [-0.15, -0.1) is 0 Å². The lowest BCUT2D eigenvalue weighted by Crippen LogP contribution is -2.43. The van der Waals surface area contributed by atoms with Crippen LogP contribution in [0, 0.1) is 5.92 Å². The van der Waals surface area contributed by atoms with Crippen molar-refractivity contribution >= 4 is 23.5 Å². The second-order valence-electron chi connectivity index (χ2n) is 9.73. The number of nitrogens with zero attached hydrogens (tertiary/aromatic N) is 2. The molecule has 0 saturated carbocycles. The molecular weight excluding hydrogens is 520 g/mol. The highest BCUT2D eigenvalue weighted by Gasteiger charge is 2.36. The Hall–Kier alpha value is -3.49. The highest BCUT2D eigenvalue weighted by Crippen LogP contribution is 2.46. The quantitative estimate of drug-likeness (QED) is 0.360. The van der Waals surface area contributed by atoms with Gasteiger partial charge in [0.1, 0.15) is 12.2 Å². The molecule has 0 unspecified atom stereocenters. The van der Waals surface area contributed by atoms with Crippen LogP contribution < -0.4 is 9.47 Å². The normalized spacial score (nSPS) is 20.4. The lowest BCUT2D eigenvalue weighted by atomic mass is 9.97. The molecule has 0 aliphatic carbocycles. The average Bonchev–Trinajstić information content (AvgIpc) is 3.40. The predicted octanol–water partition coefficient (Wildman–Crippen LogP) is 5.50. The number of rotatable bonds is 7. The molecule has 0 spiro atoms. The first-order valence-electron chi connectivity index (χ1n) is 13.2. The molecule has 3 atom stereocenters. The number of esters is 1. The zero-order valence-corrected chi connectivity index (χ0v) is 23.1. The standard InChI is InChI=1S/C30H33ClN2O6/c1-4-38-30(35)19-8-6-14-32(18-19)27(34)17-26-24-10-7-15-33(24)23-13-12-20(31)16-22(23)28(39-26)21-9-5-11-25(36-2)29(21)37-3/h5,7,9-13,15-16,19,26,28H,4,6,8,14,17-18H2,1-3H3/t19-,26-,28-/m0/s1. The third-order valence-electron chi connectivity index (χ3n) is 7.41. The van der Waals surface area contributed by atoms with Gasteiger partial charge in [0.2, 0.25) is 5.91 Å². The number of likely N-dealkylation sites (tertiary alicyclic amines) is 1. The van der Waals surface area contributed by atoms with Gasteiger partial charge in [0, 0.05) is 35.4 Å². The third-order valence-corrected chi connectivity index (χ3v) is 7.65. The Morgan fingerprint density at radius 2 is 1.92 bits per heavy atom. The molecule has 2 aliphatic rings. The third kappa shape index (κ3) is 5.36. The van der Waals surface area contributed by atoms with Gasteiger partial charge >= 0.3 is 5.97 Å². The number of piperidine rings is 1. The van der Waals surface area contributed by atoms with E-state index in [1.54, 1.807) is 26.0 Å². The molecule has 39 heavy (non-hydrogen) atoms. The van der Waals surface area contributed by atoms with Gasteiger partial charge < -0.3 is 28.4 Å². The summed E-state index contributed by atoms with van der Waals surface area (Å²) >= 11 is 6.48. The number of aromatic nitrogens is 1. The van der Waals surface area contributed by atoms with Gasteiger partial charge in [-0.1, -0.05) is 23.7 Å². The maximum atomic E-state index is 13.6. The lowest BCUT2D eigenvalue weighted by Gasteiger charge is -2.33. The number of hydrogen-bond donors (Lipinski definition) is 0. The molecule has 1 saturated heterocycles. The van der Waals surface area contributed by atoms with Crippen LogP contribution in [0.5, 0.6) is 11.5 Å². The van der Waals surface area contributed by atoms with Crippen molar-refractivity contribution in [2.24, 2.45) is 5.92 Å². The Morgan fingerprint density at radius 3 is 2.69 bits per heavy atom. The molecule has 2 aromatic carbocycles. The molecule has 1 amide bonds. The molecule has 5 rings (SSSR count). The van der Waals surface area contributed by atoms with Gasteiger partial charge in [-0.05, 0) is 56.2 Å². The van der Waals surface area contributed by atoms with Crippen molar-refractivity contribution in [1.29, 1.82) is 0 Å². The van der Waals surface area contributed by atoms with Crippen molar-refractivity contribution in [2.45, 2.75) is 38.4 Å². The van der Waals surface area contributed by atoms with E-state index in [1.807, 2.05) is 59.3 Å². The number of ether oxygens (including phenoxy) is 4. The number of carbonyl (C=O) groups excluding carboxylic acids is 2. The van der Waals surface area contributed by atoms with Crippen molar-refractivity contribution in [3.05, 3.63) is 76.6 Å². The molecule has 0 radical (unpaired) electrons. The van der Waals surface area contributed by atoms with Crippen LogP contribution in [0.3, 0.4) is 0 Å². The zero-order chi connectivity index (χ0) is 27.5. The van der Waals surface area contributed by atoms with Gasteiger partial charge in [0.05, 0.1) is 44.5 Å². The van der Waals surface area contributed by atoms with E-state index in [1.165, 1.54) is 0 Å². The van der Waals surface area contributed by atoms with E-state index in [0.29, 0.717) is 36.2 Å². The second-order valence-corrected chi connectivity index (χ2v) is 10.2. The fourth-order valence-corrected chi connectivity index (χ4v) is 5.77. The largest absolute Gasteiger partial charge is 0.493 e. The Bertz CT molecular complexity index is 1350. The number of carbonyl (C=O) groups is 2. The maximum absolute atomic E-state index is 13.6. The summed E-state index contributed by atoms with van der Waals surface area (Å²) in [6, 6.07) is 15.3. The van der Waals surface area contributed by atoms with Gasteiger partial charge in [0.25, 0.3) is 0 Å². The molecule has 2 aliphatic heterocycles. The van der Waals surface area contributed by atoms with E-state index in [9.17, 15) is 9.59 Å². The molecular formula is C30H33ClN2O6. The molecule has 3 heterocycles. The van der Waals surface area contributed by atoms with Crippen molar-refractivity contribution < 1.29 is 28.5 Å². The van der Waals surface area contributed by atoms with Crippen molar-refractivity contribution in [3.63, 3.8) is 0 Å². The molecule has 0 N–H and O–H groups in total. The number of benzene rings is 2. The Morgan fingerprint density at radius 1 is 1.08 bits per heavy atom. The Kier molecular flexibility index (Phi) is 8.14. The van der Waals surface area contributed by atoms with Crippen molar-refractivity contribution in [2.75, 3.05) is 33.9 Å². The molecule has 0 bridgehead atoms. The van der Waals surface area contributed by atoms with E-state index in [-0.39, 0.29) is 24.2 Å². The first-order chi connectivity index (χ1) is 18.9. The Balaban J connectivity index is 1.51. The highest BCUT2D eigenvalue weighted by atomic mass is 35.5. The number of fused-ring (bicyclic) bond motifs is 3. The van der Waals surface area contributed by atoms with Gasteiger partial charge in [-0.3, -0.25) is 9.59 Å². The fraction of sp³-hybridized carbons (Fsp3) is 0.400. The number of methoxy groups -OCH3 is 2. The summed E-state index contributed by atoms with van der Waals surface area (Å²) in [5.74, 6) is 0.522. The van der Waals surface area contributed by atoms with Crippen LogP contribution in [-0.2, 0) is 19.1 Å². The molecule has 9 heteroatoms. The molecule has 1 aromatic heterocycles. The fourth-order valence-electron chi connectivity index (χ4n) is 5.59.